The van der Waals surface area contributed by atoms with Crippen molar-refractivity contribution in [3.05, 3.63) is 28.8 Å². The first kappa shape index (κ1) is 14.5. The van der Waals surface area contributed by atoms with Gasteiger partial charge in [-0.2, -0.15) is 0 Å². The van der Waals surface area contributed by atoms with Gasteiger partial charge in [-0.1, -0.05) is 24.9 Å². The molecule has 0 atom stereocenters. The zero-order valence-electron chi connectivity index (χ0n) is 10.2. The molecule has 5 heteroatoms. The molecule has 0 aliphatic carbocycles. The fourth-order valence-electron chi connectivity index (χ4n) is 1.34. The second-order valence-corrected chi connectivity index (χ2v) is 4.23. The van der Waals surface area contributed by atoms with Gasteiger partial charge in [0.25, 0.3) is 5.91 Å². The first-order valence-corrected chi connectivity index (χ1v) is 6.19. The molecule has 1 rings (SSSR count). The fraction of sp³-hybridized carbons (Fsp3) is 0.385. The van der Waals surface area contributed by atoms with Crippen molar-refractivity contribution in [2.45, 2.75) is 19.8 Å². The van der Waals surface area contributed by atoms with Crippen LogP contribution in [0.3, 0.4) is 0 Å². The summed E-state index contributed by atoms with van der Waals surface area (Å²) in [5.74, 6) is 0.162. The van der Waals surface area contributed by atoms with Crippen molar-refractivity contribution in [3.63, 3.8) is 0 Å². The van der Waals surface area contributed by atoms with Gasteiger partial charge in [-0.3, -0.25) is 9.59 Å². The van der Waals surface area contributed by atoms with Crippen LogP contribution < -0.4 is 10.1 Å². The molecule has 0 fully saturated rings. The van der Waals surface area contributed by atoms with Crippen LogP contribution in [-0.4, -0.2) is 25.3 Å². The van der Waals surface area contributed by atoms with E-state index in [1.807, 2.05) is 6.92 Å². The van der Waals surface area contributed by atoms with E-state index in [2.05, 4.69) is 5.32 Å². The van der Waals surface area contributed by atoms with E-state index in [-0.39, 0.29) is 12.5 Å². The highest BCUT2D eigenvalue weighted by molar-refractivity contribution is 6.30. The highest BCUT2D eigenvalue weighted by atomic mass is 35.5. The van der Waals surface area contributed by atoms with Crippen LogP contribution in [0.4, 0.5) is 0 Å². The quantitative estimate of drug-likeness (QED) is 0.611. The number of aldehydes is 1. The largest absolute Gasteiger partial charge is 0.483 e. The second kappa shape index (κ2) is 7.71. The minimum absolute atomic E-state index is 0.105. The third kappa shape index (κ3) is 4.75. The number of hydrogen-bond acceptors (Lipinski definition) is 3. The average Bonchev–Trinajstić information content (AvgIpc) is 2.37. The van der Waals surface area contributed by atoms with Crippen molar-refractivity contribution < 1.29 is 14.3 Å². The van der Waals surface area contributed by atoms with Crippen molar-refractivity contribution in [2.24, 2.45) is 0 Å². The summed E-state index contributed by atoms with van der Waals surface area (Å²) in [6.45, 7) is 2.58. The smallest absolute Gasteiger partial charge is 0.257 e. The summed E-state index contributed by atoms with van der Waals surface area (Å²) in [6, 6.07) is 4.68. The number of hydrogen-bond donors (Lipinski definition) is 1. The molecule has 0 aliphatic heterocycles. The maximum absolute atomic E-state index is 11.4. The fourth-order valence-corrected chi connectivity index (χ4v) is 1.52. The molecule has 1 amide bonds. The number of halogens is 1. The van der Waals surface area contributed by atoms with E-state index in [0.717, 1.165) is 12.8 Å². The summed E-state index contributed by atoms with van der Waals surface area (Å²) in [7, 11) is 0. The molecule has 0 aromatic heterocycles. The molecule has 4 nitrogen and oxygen atoms in total. The molecular formula is C13H16ClNO3. The predicted molar refractivity (Wildman–Crippen MR) is 70.3 cm³/mol. The molecule has 1 N–H and O–H groups in total. The Hall–Kier alpha value is -1.55. The van der Waals surface area contributed by atoms with Crippen molar-refractivity contribution in [2.75, 3.05) is 13.2 Å². The van der Waals surface area contributed by atoms with E-state index in [1.54, 1.807) is 12.1 Å². The van der Waals surface area contributed by atoms with Crippen LogP contribution in [0.15, 0.2) is 18.2 Å². The lowest BCUT2D eigenvalue weighted by Gasteiger charge is -2.09. The number of amides is 1. The van der Waals surface area contributed by atoms with E-state index in [1.165, 1.54) is 6.07 Å². The normalized spacial score (nSPS) is 9.89. The van der Waals surface area contributed by atoms with Gasteiger partial charge in [0, 0.05) is 11.6 Å². The third-order valence-electron chi connectivity index (χ3n) is 2.31. The maximum atomic E-state index is 11.4. The lowest BCUT2D eigenvalue weighted by atomic mass is 10.2. The molecule has 0 unspecified atom stereocenters. The number of nitrogens with one attached hydrogen (secondary N) is 1. The van der Waals surface area contributed by atoms with Crippen molar-refractivity contribution in [1.82, 2.24) is 5.32 Å². The van der Waals surface area contributed by atoms with Crippen LogP contribution in [0, 0.1) is 0 Å². The van der Waals surface area contributed by atoms with Gasteiger partial charge in [0.05, 0.1) is 5.56 Å². The molecule has 0 spiro atoms. The van der Waals surface area contributed by atoms with Gasteiger partial charge in [0.1, 0.15) is 5.75 Å². The van der Waals surface area contributed by atoms with Crippen LogP contribution in [-0.2, 0) is 4.79 Å². The highest BCUT2D eigenvalue weighted by Crippen LogP contribution is 2.21. The predicted octanol–water partition coefficient (Wildman–Crippen LogP) is 2.45. The first-order valence-electron chi connectivity index (χ1n) is 5.81. The van der Waals surface area contributed by atoms with Crippen LogP contribution in [0.2, 0.25) is 5.02 Å². The summed E-state index contributed by atoms with van der Waals surface area (Å²) in [5.41, 5.74) is 0.337. The second-order valence-electron chi connectivity index (χ2n) is 3.79. The molecule has 0 radical (unpaired) electrons. The molecule has 0 saturated carbocycles. The van der Waals surface area contributed by atoms with Crippen LogP contribution in [0.1, 0.15) is 30.1 Å². The zero-order valence-corrected chi connectivity index (χ0v) is 11.0. The van der Waals surface area contributed by atoms with Crippen molar-refractivity contribution in [3.8, 4) is 5.75 Å². The number of carbonyl (C=O) groups excluding carboxylic acids is 2. The third-order valence-corrected chi connectivity index (χ3v) is 2.55. The van der Waals surface area contributed by atoms with E-state index >= 15 is 0 Å². The zero-order chi connectivity index (χ0) is 13.4. The number of carbonyl (C=O) groups is 2. The summed E-state index contributed by atoms with van der Waals surface area (Å²) in [4.78, 5) is 22.2. The Morgan fingerprint density at radius 3 is 2.94 bits per heavy atom. The van der Waals surface area contributed by atoms with Gasteiger partial charge < -0.3 is 10.1 Å². The minimum Gasteiger partial charge on any atom is -0.483 e. The molecule has 98 valence electrons. The molecular weight excluding hydrogens is 254 g/mol. The highest BCUT2D eigenvalue weighted by Gasteiger charge is 2.06. The van der Waals surface area contributed by atoms with E-state index in [0.29, 0.717) is 29.2 Å². The molecule has 1 aromatic rings. The Labute approximate surface area is 111 Å². The summed E-state index contributed by atoms with van der Waals surface area (Å²) < 4.78 is 5.27. The van der Waals surface area contributed by atoms with Crippen LogP contribution >= 0.6 is 11.6 Å². The topological polar surface area (TPSA) is 55.4 Å². The van der Waals surface area contributed by atoms with Crippen LogP contribution in [0.25, 0.3) is 0 Å². The van der Waals surface area contributed by atoms with Crippen molar-refractivity contribution >= 4 is 23.8 Å². The first-order chi connectivity index (χ1) is 8.67. The van der Waals surface area contributed by atoms with E-state index < -0.39 is 0 Å². The summed E-state index contributed by atoms with van der Waals surface area (Å²) in [5, 5.41) is 3.18. The Morgan fingerprint density at radius 2 is 2.28 bits per heavy atom. The standard InChI is InChI=1S/C13H16ClNO3/c1-2-3-6-15-13(17)9-18-12-5-4-11(14)7-10(12)8-16/h4-5,7-8H,2-3,6,9H2,1H3,(H,15,17). The van der Waals surface area contributed by atoms with Gasteiger partial charge in [0.2, 0.25) is 0 Å². The molecule has 0 bridgehead atoms. The van der Waals surface area contributed by atoms with Gasteiger partial charge in [0.15, 0.2) is 12.9 Å². The van der Waals surface area contributed by atoms with Gasteiger partial charge >= 0.3 is 0 Å². The summed E-state index contributed by atoms with van der Waals surface area (Å²) in [6.07, 6.45) is 2.61. The number of benzene rings is 1. The lowest BCUT2D eigenvalue weighted by Crippen LogP contribution is -2.29. The Morgan fingerprint density at radius 1 is 1.50 bits per heavy atom. The summed E-state index contributed by atoms with van der Waals surface area (Å²) >= 11 is 5.75. The molecule has 1 aromatic carbocycles. The van der Waals surface area contributed by atoms with Gasteiger partial charge in [-0.25, -0.2) is 0 Å². The minimum atomic E-state index is -0.199. The van der Waals surface area contributed by atoms with Gasteiger partial charge in [-0.05, 0) is 24.6 Å². The SMILES string of the molecule is CCCCNC(=O)COc1ccc(Cl)cc1C=O. The van der Waals surface area contributed by atoms with E-state index in [9.17, 15) is 9.59 Å². The van der Waals surface area contributed by atoms with Crippen molar-refractivity contribution in [1.29, 1.82) is 0 Å². The average molecular weight is 270 g/mol. The Balaban J connectivity index is 2.48. The lowest BCUT2D eigenvalue weighted by molar-refractivity contribution is -0.123. The number of rotatable bonds is 7. The monoisotopic (exact) mass is 269 g/mol. The number of unbranched alkanes of at least 4 members (excludes halogenated alkanes) is 1. The molecule has 0 heterocycles. The molecule has 0 saturated heterocycles. The van der Waals surface area contributed by atoms with Crippen LogP contribution in [0.5, 0.6) is 5.75 Å². The van der Waals surface area contributed by atoms with Gasteiger partial charge in [-0.15, -0.1) is 0 Å². The molecule has 18 heavy (non-hydrogen) atoms. The number of ether oxygens (including phenoxy) is 1. The Kier molecular flexibility index (Phi) is 6.22. The Bertz CT molecular complexity index is 421. The molecule has 0 aliphatic rings. The van der Waals surface area contributed by atoms with E-state index in [4.69, 9.17) is 16.3 Å². The maximum Gasteiger partial charge on any atom is 0.257 e.